The van der Waals surface area contributed by atoms with E-state index in [1.54, 1.807) is 0 Å². The molecule has 0 aromatic heterocycles. The van der Waals surface area contributed by atoms with Gasteiger partial charge in [0.25, 0.3) is 0 Å². The Hall–Kier alpha value is -1.65. The van der Waals surface area contributed by atoms with Gasteiger partial charge in [-0.3, -0.25) is 4.79 Å². The van der Waals surface area contributed by atoms with Crippen LogP contribution in [-0.2, 0) is 16.1 Å². The van der Waals surface area contributed by atoms with Crippen LogP contribution in [0.5, 0.6) is 0 Å². The zero-order valence-electron chi connectivity index (χ0n) is 11.9. The first-order chi connectivity index (χ1) is 10.2. The van der Waals surface area contributed by atoms with Gasteiger partial charge in [-0.25, -0.2) is 0 Å². The second-order valence-electron chi connectivity index (χ2n) is 4.71. The van der Waals surface area contributed by atoms with Crippen LogP contribution in [0.1, 0.15) is 17.0 Å². The minimum atomic E-state index is -0.293. The third-order valence-electron chi connectivity index (χ3n) is 3.31. The molecule has 0 heterocycles. The Morgan fingerprint density at radius 1 is 1.14 bits per heavy atom. The molecule has 0 bridgehead atoms. The van der Waals surface area contributed by atoms with E-state index >= 15 is 0 Å². The highest BCUT2D eigenvalue weighted by Gasteiger charge is 2.20. The second kappa shape index (κ2) is 7.96. The fourth-order valence-electron chi connectivity index (χ4n) is 2.16. The number of methoxy groups -OCH3 is 1. The molecule has 0 saturated carbocycles. The molecule has 0 fully saturated rings. The summed E-state index contributed by atoms with van der Waals surface area (Å²) in [7, 11) is 1.42. The van der Waals surface area contributed by atoms with Crippen molar-refractivity contribution in [3.05, 3.63) is 70.2 Å². The second-order valence-corrected chi connectivity index (χ2v) is 5.56. The summed E-state index contributed by atoms with van der Waals surface area (Å²) < 4.78 is 5.97. The van der Waals surface area contributed by atoms with Crippen molar-refractivity contribution in [2.24, 2.45) is 0 Å². The minimum Gasteiger partial charge on any atom is -0.469 e. The van der Waals surface area contributed by atoms with Crippen LogP contribution in [0.3, 0.4) is 0 Å². The van der Waals surface area contributed by atoms with E-state index in [2.05, 4.69) is 21.2 Å². The fourth-order valence-corrected chi connectivity index (χ4v) is 2.58. The van der Waals surface area contributed by atoms with Gasteiger partial charge in [0.2, 0.25) is 0 Å². The smallest absolute Gasteiger partial charge is 0.314 e. The summed E-state index contributed by atoms with van der Waals surface area (Å²) in [6, 6.07) is 17.7. The van der Waals surface area contributed by atoms with E-state index in [1.807, 2.05) is 54.6 Å². The molecular weight excluding hydrogens is 330 g/mol. The number of halogens is 1. The summed E-state index contributed by atoms with van der Waals surface area (Å²) in [5, 5.41) is 3.33. The minimum absolute atomic E-state index is 0.221. The molecule has 21 heavy (non-hydrogen) atoms. The van der Waals surface area contributed by atoms with Crippen molar-refractivity contribution in [3.63, 3.8) is 0 Å². The Balaban J connectivity index is 2.00. The SMILES string of the molecule is COC(=O)C(CNCc1ccccc1Br)c1ccccc1. The van der Waals surface area contributed by atoms with Gasteiger partial charge in [0.15, 0.2) is 0 Å². The number of nitrogens with one attached hydrogen (secondary N) is 1. The predicted octanol–water partition coefficient (Wildman–Crippen LogP) is 3.50. The van der Waals surface area contributed by atoms with Crippen molar-refractivity contribution < 1.29 is 9.53 Å². The van der Waals surface area contributed by atoms with Crippen molar-refractivity contribution in [2.75, 3.05) is 13.7 Å². The highest BCUT2D eigenvalue weighted by Crippen LogP contribution is 2.18. The van der Waals surface area contributed by atoms with Crippen LogP contribution in [0.4, 0.5) is 0 Å². The van der Waals surface area contributed by atoms with Crippen LogP contribution in [0.2, 0.25) is 0 Å². The number of carbonyl (C=O) groups excluding carboxylic acids is 1. The van der Waals surface area contributed by atoms with Gasteiger partial charge < -0.3 is 10.1 Å². The number of benzene rings is 2. The number of rotatable bonds is 6. The van der Waals surface area contributed by atoms with E-state index in [9.17, 15) is 4.79 Å². The molecule has 0 aliphatic rings. The highest BCUT2D eigenvalue weighted by molar-refractivity contribution is 9.10. The molecule has 1 N–H and O–H groups in total. The number of esters is 1. The van der Waals surface area contributed by atoms with Gasteiger partial charge >= 0.3 is 5.97 Å². The maximum atomic E-state index is 12.0. The van der Waals surface area contributed by atoms with E-state index in [-0.39, 0.29) is 11.9 Å². The molecule has 0 saturated heterocycles. The first kappa shape index (κ1) is 15.7. The third-order valence-corrected chi connectivity index (χ3v) is 4.08. The van der Waals surface area contributed by atoms with Gasteiger partial charge in [-0.2, -0.15) is 0 Å². The van der Waals surface area contributed by atoms with E-state index < -0.39 is 0 Å². The third kappa shape index (κ3) is 4.41. The molecular formula is C17H18BrNO2. The average molecular weight is 348 g/mol. The maximum absolute atomic E-state index is 12.0. The standard InChI is InChI=1S/C17H18BrNO2/c1-21-17(20)15(13-7-3-2-4-8-13)12-19-11-14-9-5-6-10-16(14)18/h2-10,15,19H,11-12H2,1H3. The molecule has 0 radical (unpaired) electrons. The quantitative estimate of drug-likeness (QED) is 0.812. The van der Waals surface area contributed by atoms with Gasteiger partial charge in [0.1, 0.15) is 0 Å². The molecule has 0 amide bonds. The lowest BCUT2D eigenvalue weighted by Gasteiger charge is -2.16. The van der Waals surface area contributed by atoms with Gasteiger partial charge in [-0.1, -0.05) is 64.5 Å². The summed E-state index contributed by atoms with van der Waals surface area (Å²) >= 11 is 3.52. The Morgan fingerprint density at radius 2 is 1.81 bits per heavy atom. The average Bonchev–Trinajstić information content (AvgIpc) is 2.53. The Labute approximate surface area is 133 Å². The van der Waals surface area contributed by atoms with Crippen LogP contribution in [0.25, 0.3) is 0 Å². The lowest BCUT2D eigenvalue weighted by molar-refractivity contribution is -0.142. The molecule has 110 valence electrons. The molecule has 0 spiro atoms. The first-order valence-corrected chi connectivity index (χ1v) is 7.58. The van der Waals surface area contributed by atoms with E-state index in [0.717, 1.165) is 15.6 Å². The van der Waals surface area contributed by atoms with E-state index in [0.29, 0.717) is 13.1 Å². The van der Waals surface area contributed by atoms with Crippen molar-refractivity contribution in [1.29, 1.82) is 0 Å². The number of ether oxygens (including phenoxy) is 1. The fraction of sp³-hybridized carbons (Fsp3) is 0.235. The maximum Gasteiger partial charge on any atom is 0.314 e. The lowest BCUT2D eigenvalue weighted by atomic mass is 9.99. The monoisotopic (exact) mass is 347 g/mol. The summed E-state index contributed by atoms with van der Waals surface area (Å²) in [5.41, 5.74) is 2.12. The summed E-state index contributed by atoms with van der Waals surface area (Å²) in [5.74, 6) is -0.514. The molecule has 2 aromatic carbocycles. The van der Waals surface area contributed by atoms with Gasteiger partial charge in [-0.15, -0.1) is 0 Å². The number of carbonyl (C=O) groups is 1. The molecule has 0 aliphatic heterocycles. The van der Waals surface area contributed by atoms with Crippen molar-refractivity contribution in [1.82, 2.24) is 5.32 Å². The van der Waals surface area contributed by atoms with Crippen LogP contribution in [0.15, 0.2) is 59.1 Å². The normalized spacial score (nSPS) is 11.9. The molecule has 2 rings (SSSR count). The Bertz CT molecular complexity index is 586. The van der Waals surface area contributed by atoms with Crippen LogP contribution in [-0.4, -0.2) is 19.6 Å². The Morgan fingerprint density at radius 3 is 2.48 bits per heavy atom. The lowest BCUT2D eigenvalue weighted by Crippen LogP contribution is -2.27. The van der Waals surface area contributed by atoms with E-state index in [1.165, 1.54) is 7.11 Å². The van der Waals surface area contributed by atoms with Crippen molar-refractivity contribution >= 4 is 21.9 Å². The van der Waals surface area contributed by atoms with Crippen LogP contribution in [0, 0.1) is 0 Å². The van der Waals surface area contributed by atoms with Crippen LogP contribution >= 0.6 is 15.9 Å². The van der Waals surface area contributed by atoms with Crippen LogP contribution < -0.4 is 5.32 Å². The summed E-state index contributed by atoms with van der Waals surface area (Å²) in [4.78, 5) is 12.0. The molecule has 1 unspecified atom stereocenters. The molecule has 2 aromatic rings. The van der Waals surface area contributed by atoms with Gasteiger partial charge in [0.05, 0.1) is 13.0 Å². The number of hydrogen-bond donors (Lipinski definition) is 1. The van der Waals surface area contributed by atoms with Crippen molar-refractivity contribution in [3.8, 4) is 0 Å². The van der Waals surface area contributed by atoms with Gasteiger partial charge in [0, 0.05) is 17.6 Å². The Kier molecular flexibility index (Phi) is 5.96. The summed E-state index contributed by atoms with van der Waals surface area (Å²) in [6.07, 6.45) is 0. The topological polar surface area (TPSA) is 38.3 Å². The molecule has 1 atom stereocenters. The zero-order valence-corrected chi connectivity index (χ0v) is 13.5. The number of hydrogen-bond acceptors (Lipinski definition) is 3. The molecule has 0 aliphatic carbocycles. The molecule has 4 heteroatoms. The summed E-state index contributed by atoms with van der Waals surface area (Å²) in [6.45, 7) is 1.24. The first-order valence-electron chi connectivity index (χ1n) is 6.79. The highest BCUT2D eigenvalue weighted by atomic mass is 79.9. The zero-order chi connectivity index (χ0) is 15.1. The largest absolute Gasteiger partial charge is 0.469 e. The van der Waals surface area contributed by atoms with Gasteiger partial charge in [-0.05, 0) is 17.2 Å². The predicted molar refractivity (Wildman–Crippen MR) is 87.0 cm³/mol. The van der Waals surface area contributed by atoms with E-state index in [4.69, 9.17) is 4.74 Å². The molecule has 3 nitrogen and oxygen atoms in total. The van der Waals surface area contributed by atoms with Crippen molar-refractivity contribution in [2.45, 2.75) is 12.5 Å².